The Morgan fingerprint density at radius 1 is 1.20 bits per heavy atom. The lowest BCUT2D eigenvalue weighted by atomic mass is 9.93. The first-order chi connectivity index (χ1) is 9.66. The van der Waals surface area contributed by atoms with E-state index in [0.29, 0.717) is 18.2 Å². The van der Waals surface area contributed by atoms with Gasteiger partial charge in [-0.25, -0.2) is 0 Å². The summed E-state index contributed by atoms with van der Waals surface area (Å²) in [5.41, 5.74) is 0.658. The van der Waals surface area contributed by atoms with E-state index in [2.05, 4.69) is 5.32 Å². The number of aromatic nitrogens is 1. The van der Waals surface area contributed by atoms with Crippen LogP contribution in [0.4, 0.5) is 0 Å². The molecule has 5 heteroatoms. The van der Waals surface area contributed by atoms with Crippen molar-refractivity contribution in [3.05, 3.63) is 24.0 Å². The molecule has 20 heavy (non-hydrogen) atoms. The van der Waals surface area contributed by atoms with E-state index >= 15 is 0 Å². The molecule has 108 valence electrons. The van der Waals surface area contributed by atoms with E-state index in [4.69, 9.17) is 5.11 Å². The SMILES string of the molecule is O=C(NC1CCCC1C(=O)O)c1cccn1C1CCC1. The second kappa shape index (κ2) is 5.31. The Hall–Kier alpha value is -1.78. The first-order valence-electron chi connectivity index (χ1n) is 7.37. The van der Waals surface area contributed by atoms with Gasteiger partial charge in [0.05, 0.1) is 5.92 Å². The van der Waals surface area contributed by atoms with Gasteiger partial charge in [0.15, 0.2) is 0 Å². The van der Waals surface area contributed by atoms with Crippen molar-refractivity contribution in [3.63, 3.8) is 0 Å². The highest BCUT2D eigenvalue weighted by Gasteiger charge is 2.34. The Bertz CT molecular complexity index is 519. The maximum atomic E-state index is 12.4. The van der Waals surface area contributed by atoms with Gasteiger partial charge in [-0.2, -0.15) is 0 Å². The lowest BCUT2D eigenvalue weighted by Crippen LogP contribution is -2.41. The van der Waals surface area contributed by atoms with Gasteiger partial charge in [0.1, 0.15) is 5.69 Å². The van der Waals surface area contributed by atoms with Crippen molar-refractivity contribution >= 4 is 11.9 Å². The third kappa shape index (κ3) is 2.32. The van der Waals surface area contributed by atoms with Crippen LogP contribution in [0.25, 0.3) is 0 Å². The van der Waals surface area contributed by atoms with Crippen molar-refractivity contribution in [2.24, 2.45) is 5.92 Å². The number of carboxylic acids is 1. The maximum absolute atomic E-state index is 12.4. The minimum absolute atomic E-state index is 0.139. The zero-order valence-corrected chi connectivity index (χ0v) is 11.4. The highest BCUT2D eigenvalue weighted by atomic mass is 16.4. The molecule has 2 aliphatic carbocycles. The van der Waals surface area contributed by atoms with Gasteiger partial charge in [-0.3, -0.25) is 9.59 Å². The zero-order valence-electron chi connectivity index (χ0n) is 11.4. The van der Waals surface area contributed by atoms with Gasteiger partial charge in [-0.1, -0.05) is 6.42 Å². The van der Waals surface area contributed by atoms with E-state index in [1.807, 2.05) is 22.9 Å². The molecule has 2 fully saturated rings. The van der Waals surface area contributed by atoms with Crippen LogP contribution in [0.3, 0.4) is 0 Å². The summed E-state index contributed by atoms with van der Waals surface area (Å²) < 4.78 is 2.03. The molecule has 2 unspecified atom stereocenters. The topological polar surface area (TPSA) is 71.3 Å². The maximum Gasteiger partial charge on any atom is 0.308 e. The van der Waals surface area contributed by atoms with Gasteiger partial charge in [0.25, 0.3) is 5.91 Å². The summed E-state index contributed by atoms with van der Waals surface area (Å²) >= 11 is 0. The van der Waals surface area contributed by atoms with E-state index in [0.717, 1.165) is 25.7 Å². The van der Waals surface area contributed by atoms with Crippen molar-refractivity contribution in [1.29, 1.82) is 0 Å². The Kier molecular flexibility index (Phi) is 3.51. The number of rotatable bonds is 4. The average molecular weight is 276 g/mol. The van der Waals surface area contributed by atoms with Crippen molar-refractivity contribution in [3.8, 4) is 0 Å². The number of carboxylic acid groups (broad SMARTS) is 1. The van der Waals surface area contributed by atoms with Crippen LogP contribution in [0.2, 0.25) is 0 Å². The molecule has 2 N–H and O–H groups in total. The molecular formula is C15H20N2O3. The fraction of sp³-hybridized carbons (Fsp3) is 0.600. The minimum Gasteiger partial charge on any atom is -0.481 e. The van der Waals surface area contributed by atoms with Crippen molar-refractivity contribution in [1.82, 2.24) is 9.88 Å². The van der Waals surface area contributed by atoms with Gasteiger partial charge in [0.2, 0.25) is 0 Å². The summed E-state index contributed by atoms with van der Waals surface area (Å²) in [4.78, 5) is 23.5. The number of nitrogens with zero attached hydrogens (tertiary/aromatic N) is 1. The van der Waals surface area contributed by atoms with Crippen LogP contribution in [0.15, 0.2) is 18.3 Å². The largest absolute Gasteiger partial charge is 0.481 e. The summed E-state index contributed by atoms with van der Waals surface area (Å²) in [6, 6.07) is 3.91. The predicted molar refractivity (Wildman–Crippen MR) is 73.6 cm³/mol. The third-order valence-corrected chi connectivity index (χ3v) is 4.63. The van der Waals surface area contributed by atoms with Gasteiger partial charge in [-0.15, -0.1) is 0 Å². The number of amides is 1. The van der Waals surface area contributed by atoms with E-state index in [1.54, 1.807) is 0 Å². The molecule has 0 aliphatic heterocycles. The monoisotopic (exact) mass is 276 g/mol. The Labute approximate surface area is 118 Å². The molecule has 2 saturated carbocycles. The molecule has 1 aromatic heterocycles. The average Bonchev–Trinajstić information content (AvgIpc) is 2.95. The first-order valence-corrected chi connectivity index (χ1v) is 7.37. The summed E-state index contributed by atoms with van der Waals surface area (Å²) in [6.45, 7) is 0. The molecule has 0 radical (unpaired) electrons. The molecule has 1 heterocycles. The lowest BCUT2D eigenvalue weighted by Gasteiger charge is -2.29. The van der Waals surface area contributed by atoms with Crippen molar-refractivity contribution in [2.45, 2.75) is 50.6 Å². The molecule has 2 aliphatic rings. The fourth-order valence-corrected chi connectivity index (χ4v) is 3.24. The van der Waals surface area contributed by atoms with Crippen LogP contribution in [0.1, 0.15) is 55.1 Å². The van der Waals surface area contributed by atoms with Crippen LogP contribution in [-0.4, -0.2) is 27.6 Å². The molecular weight excluding hydrogens is 256 g/mol. The normalized spacial score (nSPS) is 26.2. The van der Waals surface area contributed by atoms with Crippen LogP contribution < -0.4 is 5.32 Å². The van der Waals surface area contributed by atoms with E-state index < -0.39 is 11.9 Å². The summed E-state index contributed by atoms with van der Waals surface area (Å²) in [7, 11) is 0. The molecule has 1 amide bonds. The van der Waals surface area contributed by atoms with Gasteiger partial charge >= 0.3 is 5.97 Å². The summed E-state index contributed by atoms with van der Waals surface area (Å²) in [6.07, 6.45) is 7.68. The second-order valence-electron chi connectivity index (χ2n) is 5.84. The summed E-state index contributed by atoms with van der Waals surface area (Å²) in [5, 5.41) is 12.1. The molecule has 2 atom stereocenters. The quantitative estimate of drug-likeness (QED) is 0.885. The Balaban J connectivity index is 1.70. The molecule has 0 spiro atoms. The second-order valence-corrected chi connectivity index (χ2v) is 5.84. The molecule has 0 aromatic carbocycles. The number of nitrogens with one attached hydrogen (secondary N) is 1. The first kappa shape index (κ1) is 13.2. The number of carbonyl (C=O) groups excluding carboxylic acids is 1. The number of hydrogen-bond donors (Lipinski definition) is 2. The smallest absolute Gasteiger partial charge is 0.308 e. The Morgan fingerprint density at radius 2 is 1.95 bits per heavy atom. The standard InChI is InChI=1S/C15H20N2O3/c18-14(16-12-7-2-6-11(12)15(19)20)13-8-3-9-17(13)10-4-1-5-10/h3,8-12H,1-2,4-7H2,(H,16,18)(H,19,20). The van der Waals surface area contributed by atoms with E-state index in [9.17, 15) is 9.59 Å². The Morgan fingerprint density at radius 3 is 2.60 bits per heavy atom. The van der Waals surface area contributed by atoms with Crippen molar-refractivity contribution in [2.75, 3.05) is 0 Å². The number of hydrogen-bond acceptors (Lipinski definition) is 2. The molecule has 0 saturated heterocycles. The molecule has 3 rings (SSSR count). The van der Waals surface area contributed by atoms with Gasteiger partial charge in [0, 0.05) is 18.3 Å². The number of carbonyl (C=O) groups is 2. The van der Waals surface area contributed by atoms with Gasteiger partial charge in [-0.05, 0) is 44.2 Å². The third-order valence-electron chi connectivity index (χ3n) is 4.63. The fourth-order valence-electron chi connectivity index (χ4n) is 3.24. The highest BCUT2D eigenvalue weighted by Crippen LogP contribution is 2.33. The molecule has 5 nitrogen and oxygen atoms in total. The van der Waals surface area contributed by atoms with Crippen LogP contribution in [0, 0.1) is 5.92 Å². The zero-order chi connectivity index (χ0) is 14.1. The van der Waals surface area contributed by atoms with Gasteiger partial charge < -0.3 is 15.0 Å². The highest BCUT2D eigenvalue weighted by molar-refractivity contribution is 5.93. The summed E-state index contributed by atoms with van der Waals surface area (Å²) in [5.74, 6) is -1.38. The van der Waals surface area contributed by atoms with Crippen LogP contribution >= 0.6 is 0 Å². The predicted octanol–water partition coefficient (Wildman–Crippen LogP) is 2.20. The molecule has 1 aromatic rings. The number of aliphatic carboxylic acids is 1. The van der Waals surface area contributed by atoms with E-state index in [-0.39, 0.29) is 11.9 Å². The van der Waals surface area contributed by atoms with Crippen LogP contribution in [0.5, 0.6) is 0 Å². The van der Waals surface area contributed by atoms with Crippen molar-refractivity contribution < 1.29 is 14.7 Å². The minimum atomic E-state index is -0.804. The van der Waals surface area contributed by atoms with E-state index in [1.165, 1.54) is 6.42 Å². The van der Waals surface area contributed by atoms with Crippen LogP contribution in [-0.2, 0) is 4.79 Å². The molecule has 0 bridgehead atoms. The lowest BCUT2D eigenvalue weighted by molar-refractivity contribution is -0.142.